The minimum Gasteiger partial charge on any atom is -0.508 e. The highest BCUT2D eigenvalue weighted by Gasteiger charge is 2.27. The molecule has 130 valence electrons. The summed E-state index contributed by atoms with van der Waals surface area (Å²) in [7, 11) is 0. The van der Waals surface area contributed by atoms with Crippen LogP contribution in [0.3, 0.4) is 0 Å². The minimum atomic E-state index is -0.448. The number of amides is 1. The third-order valence-corrected chi connectivity index (χ3v) is 3.85. The fourth-order valence-electron chi connectivity index (χ4n) is 2.60. The second kappa shape index (κ2) is 8.23. The second-order valence-electron chi connectivity index (χ2n) is 6.79. The van der Waals surface area contributed by atoms with E-state index in [4.69, 9.17) is 4.74 Å². The normalized spacial score (nSPS) is 15.7. The molecule has 0 aliphatic carbocycles. The van der Waals surface area contributed by atoms with E-state index >= 15 is 0 Å². The van der Waals surface area contributed by atoms with E-state index in [0.717, 1.165) is 24.0 Å². The molecule has 1 N–H and O–H groups in total. The number of hydrogen-bond donors (Lipinski definition) is 1. The summed E-state index contributed by atoms with van der Waals surface area (Å²) in [5, 5.41) is 9.81. The third kappa shape index (κ3) is 5.77. The summed E-state index contributed by atoms with van der Waals surface area (Å²) in [4.78, 5) is 13.8. The van der Waals surface area contributed by atoms with Crippen LogP contribution >= 0.6 is 0 Å². The zero-order valence-electron chi connectivity index (χ0n) is 15.3. The average molecular weight is 321 g/mol. The maximum Gasteiger partial charge on any atom is 0.410 e. The lowest BCUT2D eigenvalue weighted by molar-refractivity contribution is 0.0205. The van der Waals surface area contributed by atoms with Gasteiger partial charge in [0.2, 0.25) is 0 Å². The van der Waals surface area contributed by atoms with Crippen LogP contribution in [0.2, 0.25) is 0 Å². The molecule has 1 amide bonds. The van der Waals surface area contributed by atoms with Crippen molar-refractivity contribution in [2.75, 3.05) is 13.1 Å². The summed E-state index contributed by atoms with van der Waals surface area (Å²) in [6, 6.07) is 5.87. The van der Waals surface area contributed by atoms with Crippen molar-refractivity contribution in [2.24, 2.45) is 0 Å². The number of aryl methyl sites for hydroxylation is 1. The van der Waals surface area contributed by atoms with Crippen LogP contribution in [-0.4, -0.2) is 34.8 Å². The van der Waals surface area contributed by atoms with Crippen LogP contribution in [0.5, 0.6) is 5.75 Å². The summed E-state index contributed by atoms with van der Waals surface area (Å²) >= 11 is 0. The Labute approximate surface area is 140 Å². The van der Waals surface area contributed by atoms with Gasteiger partial charge in [-0.2, -0.15) is 0 Å². The van der Waals surface area contributed by atoms with Crippen molar-refractivity contribution in [3.8, 4) is 5.75 Å². The molecule has 1 aromatic carbocycles. The molecule has 1 aliphatic rings. The number of rotatable bonds is 1. The molecule has 0 unspecified atom stereocenters. The molecule has 1 fully saturated rings. The van der Waals surface area contributed by atoms with E-state index in [1.807, 2.05) is 53.7 Å². The molecule has 4 nitrogen and oxygen atoms in total. The Morgan fingerprint density at radius 2 is 1.78 bits per heavy atom. The van der Waals surface area contributed by atoms with Gasteiger partial charge in [0.1, 0.15) is 11.4 Å². The standard InChI is InChI=1S/C17H25NO3.C2H6/c1-12-5-6-14(11-15(12)19)13-7-9-18(10-8-13)16(20)21-17(2,3)4;1-2/h5-6,11,13,19H,7-10H2,1-4H3;1-2H3. The molecule has 4 heteroatoms. The lowest BCUT2D eigenvalue weighted by atomic mass is 9.89. The zero-order valence-corrected chi connectivity index (χ0v) is 15.3. The number of hydrogen-bond acceptors (Lipinski definition) is 3. The number of ether oxygens (including phenoxy) is 1. The Morgan fingerprint density at radius 1 is 1.22 bits per heavy atom. The number of carbonyl (C=O) groups excluding carboxylic acids is 1. The first kappa shape index (κ1) is 19.3. The van der Waals surface area contributed by atoms with Crippen molar-refractivity contribution in [1.82, 2.24) is 4.90 Å². The van der Waals surface area contributed by atoms with E-state index < -0.39 is 5.60 Å². The number of carbonyl (C=O) groups is 1. The lowest BCUT2D eigenvalue weighted by Crippen LogP contribution is -2.41. The fourth-order valence-corrected chi connectivity index (χ4v) is 2.60. The SMILES string of the molecule is CC.Cc1ccc(C2CCN(C(=O)OC(C)(C)C)CC2)cc1O. The Balaban J connectivity index is 0.00000127. The third-order valence-electron chi connectivity index (χ3n) is 3.85. The number of aromatic hydroxyl groups is 1. The van der Waals surface area contributed by atoms with Crippen molar-refractivity contribution >= 4 is 6.09 Å². The van der Waals surface area contributed by atoms with Gasteiger partial charge in [-0.25, -0.2) is 4.79 Å². The number of benzene rings is 1. The van der Waals surface area contributed by atoms with Gasteiger partial charge < -0.3 is 14.7 Å². The van der Waals surface area contributed by atoms with Gasteiger partial charge in [-0.05, 0) is 63.6 Å². The first-order valence-electron chi connectivity index (χ1n) is 8.54. The quantitative estimate of drug-likeness (QED) is 0.805. The van der Waals surface area contributed by atoms with E-state index in [2.05, 4.69) is 6.07 Å². The van der Waals surface area contributed by atoms with Crippen molar-refractivity contribution in [2.45, 2.75) is 65.9 Å². The Morgan fingerprint density at radius 3 is 2.26 bits per heavy atom. The molecule has 0 aromatic heterocycles. The Hall–Kier alpha value is -1.71. The van der Waals surface area contributed by atoms with Crippen LogP contribution < -0.4 is 0 Å². The van der Waals surface area contributed by atoms with Crippen LogP contribution in [0, 0.1) is 6.92 Å². The number of likely N-dealkylation sites (tertiary alicyclic amines) is 1. The molecular weight excluding hydrogens is 290 g/mol. The molecule has 1 heterocycles. The van der Waals surface area contributed by atoms with Gasteiger partial charge in [-0.15, -0.1) is 0 Å². The zero-order chi connectivity index (χ0) is 17.6. The van der Waals surface area contributed by atoms with Crippen molar-refractivity contribution < 1.29 is 14.6 Å². The Bertz CT molecular complexity index is 512. The molecule has 0 saturated carbocycles. The van der Waals surface area contributed by atoms with E-state index in [-0.39, 0.29) is 6.09 Å². The average Bonchev–Trinajstić information content (AvgIpc) is 2.50. The predicted molar refractivity (Wildman–Crippen MR) is 94.0 cm³/mol. The van der Waals surface area contributed by atoms with Crippen LogP contribution in [-0.2, 0) is 4.74 Å². The number of nitrogens with zero attached hydrogens (tertiary/aromatic N) is 1. The van der Waals surface area contributed by atoms with E-state index in [0.29, 0.717) is 24.8 Å². The van der Waals surface area contributed by atoms with Gasteiger partial charge in [-0.1, -0.05) is 26.0 Å². The van der Waals surface area contributed by atoms with E-state index in [1.165, 1.54) is 0 Å². The highest BCUT2D eigenvalue weighted by Crippen LogP contribution is 2.31. The van der Waals surface area contributed by atoms with Gasteiger partial charge >= 0.3 is 6.09 Å². The smallest absolute Gasteiger partial charge is 0.410 e. The molecule has 2 rings (SSSR count). The number of phenolic OH excluding ortho intramolecular Hbond substituents is 1. The maximum atomic E-state index is 12.0. The van der Waals surface area contributed by atoms with Crippen LogP contribution in [0.4, 0.5) is 4.79 Å². The summed E-state index contributed by atoms with van der Waals surface area (Å²) in [6.45, 7) is 12.9. The summed E-state index contributed by atoms with van der Waals surface area (Å²) in [5.41, 5.74) is 1.60. The van der Waals surface area contributed by atoms with Crippen LogP contribution in [0.15, 0.2) is 18.2 Å². The molecule has 0 bridgehead atoms. The fraction of sp³-hybridized carbons (Fsp3) is 0.632. The molecule has 1 aliphatic heterocycles. The molecule has 23 heavy (non-hydrogen) atoms. The molecule has 0 radical (unpaired) electrons. The summed E-state index contributed by atoms with van der Waals surface area (Å²) in [6.07, 6.45) is 1.58. The van der Waals surface area contributed by atoms with Gasteiger partial charge in [0.15, 0.2) is 0 Å². The van der Waals surface area contributed by atoms with Crippen LogP contribution in [0.25, 0.3) is 0 Å². The monoisotopic (exact) mass is 321 g/mol. The second-order valence-corrected chi connectivity index (χ2v) is 6.79. The maximum absolute atomic E-state index is 12.0. The molecular formula is C19H31NO3. The molecule has 1 saturated heterocycles. The topological polar surface area (TPSA) is 49.8 Å². The highest BCUT2D eigenvalue weighted by molar-refractivity contribution is 5.68. The summed E-state index contributed by atoms with van der Waals surface area (Å²) < 4.78 is 5.40. The van der Waals surface area contributed by atoms with Crippen molar-refractivity contribution in [3.05, 3.63) is 29.3 Å². The van der Waals surface area contributed by atoms with E-state index in [9.17, 15) is 9.90 Å². The summed E-state index contributed by atoms with van der Waals surface area (Å²) in [5.74, 6) is 0.747. The highest BCUT2D eigenvalue weighted by atomic mass is 16.6. The van der Waals surface area contributed by atoms with Gasteiger partial charge in [0, 0.05) is 13.1 Å². The minimum absolute atomic E-state index is 0.229. The number of piperidine rings is 1. The van der Waals surface area contributed by atoms with Gasteiger partial charge in [-0.3, -0.25) is 0 Å². The first-order valence-corrected chi connectivity index (χ1v) is 8.54. The largest absolute Gasteiger partial charge is 0.508 e. The lowest BCUT2D eigenvalue weighted by Gasteiger charge is -2.33. The molecule has 0 spiro atoms. The van der Waals surface area contributed by atoms with Crippen molar-refractivity contribution in [1.29, 1.82) is 0 Å². The predicted octanol–water partition coefficient (Wildman–Crippen LogP) is 4.84. The number of phenols is 1. The van der Waals surface area contributed by atoms with Crippen molar-refractivity contribution in [3.63, 3.8) is 0 Å². The molecule has 1 aromatic rings. The molecule has 0 atom stereocenters. The van der Waals surface area contributed by atoms with Crippen LogP contribution in [0.1, 0.15) is 64.5 Å². The van der Waals surface area contributed by atoms with Gasteiger partial charge in [0.05, 0.1) is 0 Å². The first-order chi connectivity index (χ1) is 10.8. The van der Waals surface area contributed by atoms with E-state index in [1.54, 1.807) is 4.90 Å². The Kier molecular flexibility index (Phi) is 6.92. The van der Waals surface area contributed by atoms with Gasteiger partial charge in [0.25, 0.3) is 0 Å².